The second-order valence-corrected chi connectivity index (χ2v) is 7.49. The molecule has 2 rings (SSSR count). The van der Waals surface area contributed by atoms with Crippen molar-refractivity contribution in [2.24, 2.45) is 0 Å². The summed E-state index contributed by atoms with van der Waals surface area (Å²) in [6.45, 7) is 7.92. The van der Waals surface area contributed by atoms with E-state index in [0.29, 0.717) is 0 Å². The van der Waals surface area contributed by atoms with E-state index in [9.17, 15) is 28.2 Å². The largest absolute Gasteiger partial charge is 0.476 e. The number of alkyl halides is 3. The third-order valence-electron chi connectivity index (χ3n) is 3.90. The average molecular weight is 401 g/mol. The number of carbonyl (C=O) groups is 1. The standard InChI is InChI=1S/C18H22F3N3O4/c1-9(25)6-11-7-22-8-12(13(11)18(19,20)21)28-15-10(2)14(16(26)27)23-24(15)17(3,4)5/h7-9,25H,6H2,1-5H3,(H,26,27). The number of halogens is 3. The predicted molar refractivity (Wildman–Crippen MR) is 93.6 cm³/mol. The van der Waals surface area contributed by atoms with Crippen molar-refractivity contribution in [3.8, 4) is 11.6 Å². The predicted octanol–water partition coefficient (Wildman–Crippen LogP) is 3.77. The molecule has 10 heteroatoms. The van der Waals surface area contributed by atoms with Gasteiger partial charge in [0.05, 0.1) is 17.8 Å². The van der Waals surface area contributed by atoms with Crippen molar-refractivity contribution in [3.63, 3.8) is 0 Å². The molecule has 0 radical (unpaired) electrons. The fourth-order valence-corrected chi connectivity index (χ4v) is 2.72. The van der Waals surface area contributed by atoms with Gasteiger partial charge in [0.15, 0.2) is 11.4 Å². The van der Waals surface area contributed by atoms with Crippen molar-refractivity contribution < 1.29 is 32.9 Å². The minimum Gasteiger partial charge on any atom is -0.476 e. The molecule has 0 fully saturated rings. The monoisotopic (exact) mass is 401 g/mol. The van der Waals surface area contributed by atoms with Crippen LogP contribution in [-0.4, -0.2) is 37.1 Å². The molecule has 2 aromatic heterocycles. The first-order valence-electron chi connectivity index (χ1n) is 8.46. The van der Waals surface area contributed by atoms with E-state index in [1.807, 2.05) is 0 Å². The van der Waals surface area contributed by atoms with Crippen LogP contribution in [0, 0.1) is 6.92 Å². The van der Waals surface area contributed by atoms with Crippen LogP contribution >= 0.6 is 0 Å². The smallest absolute Gasteiger partial charge is 0.420 e. The lowest BCUT2D eigenvalue weighted by atomic mass is 10.0. The number of pyridine rings is 1. The lowest BCUT2D eigenvalue weighted by Crippen LogP contribution is -2.24. The number of hydrogen-bond donors (Lipinski definition) is 2. The van der Waals surface area contributed by atoms with E-state index in [2.05, 4.69) is 10.1 Å². The van der Waals surface area contributed by atoms with Crippen LogP contribution < -0.4 is 4.74 Å². The highest BCUT2D eigenvalue weighted by Crippen LogP contribution is 2.42. The molecule has 1 unspecified atom stereocenters. The highest BCUT2D eigenvalue weighted by Gasteiger charge is 2.39. The van der Waals surface area contributed by atoms with Crippen molar-refractivity contribution in [2.75, 3.05) is 0 Å². The van der Waals surface area contributed by atoms with Crippen LogP contribution in [0.1, 0.15) is 54.9 Å². The zero-order chi connectivity index (χ0) is 21.4. The first-order chi connectivity index (χ1) is 12.7. The molecule has 0 aliphatic heterocycles. The Morgan fingerprint density at radius 2 is 1.89 bits per heavy atom. The lowest BCUT2D eigenvalue weighted by Gasteiger charge is -2.23. The van der Waals surface area contributed by atoms with E-state index in [0.717, 1.165) is 12.4 Å². The number of nitrogens with zero attached hydrogens (tertiary/aromatic N) is 3. The van der Waals surface area contributed by atoms with Gasteiger partial charge < -0.3 is 14.9 Å². The molecule has 0 aliphatic carbocycles. The summed E-state index contributed by atoms with van der Waals surface area (Å²) in [6, 6.07) is 0. The zero-order valence-corrected chi connectivity index (χ0v) is 16.1. The Morgan fingerprint density at radius 1 is 1.29 bits per heavy atom. The van der Waals surface area contributed by atoms with Crippen LogP contribution in [0.2, 0.25) is 0 Å². The Kier molecular flexibility index (Phi) is 5.74. The molecule has 0 bridgehead atoms. The lowest BCUT2D eigenvalue weighted by molar-refractivity contribution is -0.139. The Labute approximate surface area is 159 Å². The van der Waals surface area contributed by atoms with Gasteiger partial charge in [-0.15, -0.1) is 0 Å². The van der Waals surface area contributed by atoms with Gasteiger partial charge in [-0.05, 0) is 40.2 Å². The van der Waals surface area contributed by atoms with Gasteiger partial charge in [-0.3, -0.25) is 4.98 Å². The summed E-state index contributed by atoms with van der Waals surface area (Å²) in [5.74, 6) is -2.02. The number of aliphatic hydroxyl groups is 1. The molecule has 0 amide bonds. The molecular formula is C18H22F3N3O4. The summed E-state index contributed by atoms with van der Waals surface area (Å²) >= 11 is 0. The first kappa shape index (κ1) is 21.7. The Balaban J connectivity index is 2.68. The number of hydrogen-bond acceptors (Lipinski definition) is 5. The van der Waals surface area contributed by atoms with Gasteiger partial charge in [-0.25, -0.2) is 9.48 Å². The van der Waals surface area contributed by atoms with Crippen LogP contribution in [0.25, 0.3) is 0 Å². The molecule has 2 N–H and O–H groups in total. The van der Waals surface area contributed by atoms with Gasteiger partial charge in [0.1, 0.15) is 5.56 Å². The number of carboxylic acids is 1. The van der Waals surface area contributed by atoms with Gasteiger partial charge in [0, 0.05) is 18.2 Å². The van der Waals surface area contributed by atoms with E-state index >= 15 is 0 Å². The fraction of sp³-hybridized carbons (Fsp3) is 0.500. The second kappa shape index (κ2) is 7.42. The molecule has 7 nitrogen and oxygen atoms in total. The summed E-state index contributed by atoms with van der Waals surface area (Å²) < 4.78 is 48.0. The van der Waals surface area contributed by atoms with E-state index < -0.39 is 35.1 Å². The molecule has 0 aromatic carbocycles. The highest BCUT2D eigenvalue weighted by atomic mass is 19.4. The van der Waals surface area contributed by atoms with E-state index in [4.69, 9.17) is 4.74 Å². The van der Waals surface area contributed by atoms with Crippen LogP contribution in [0.5, 0.6) is 11.6 Å². The van der Waals surface area contributed by atoms with Crippen molar-refractivity contribution in [1.29, 1.82) is 0 Å². The molecule has 0 saturated heterocycles. The number of aliphatic hydroxyl groups excluding tert-OH is 1. The van der Waals surface area contributed by atoms with Gasteiger partial charge in [-0.1, -0.05) is 0 Å². The zero-order valence-electron chi connectivity index (χ0n) is 16.1. The van der Waals surface area contributed by atoms with E-state index in [1.165, 1.54) is 18.5 Å². The van der Waals surface area contributed by atoms with Crippen LogP contribution in [-0.2, 0) is 18.1 Å². The maximum absolute atomic E-state index is 13.7. The summed E-state index contributed by atoms with van der Waals surface area (Å²) in [6.07, 6.45) is -4.11. The molecule has 154 valence electrons. The maximum atomic E-state index is 13.7. The minimum absolute atomic E-state index is 0.0940. The molecular weight excluding hydrogens is 379 g/mol. The molecule has 0 saturated carbocycles. The molecule has 28 heavy (non-hydrogen) atoms. The average Bonchev–Trinajstić information content (AvgIpc) is 2.83. The Morgan fingerprint density at radius 3 is 2.36 bits per heavy atom. The fourth-order valence-electron chi connectivity index (χ4n) is 2.72. The SMILES string of the molecule is Cc1c(C(=O)O)nn(C(C)(C)C)c1Oc1cncc(CC(C)O)c1C(F)(F)F. The van der Waals surface area contributed by atoms with E-state index in [-0.39, 0.29) is 29.1 Å². The van der Waals surface area contributed by atoms with Crippen molar-refractivity contribution in [1.82, 2.24) is 14.8 Å². The Hall–Kier alpha value is -2.62. The van der Waals surface area contributed by atoms with Crippen molar-refractivity contribution in [2.45, 2.75) is 58.9 Å². The maximum Gasteiger partial charge on any atom is 0.420 e. The summed E-state index contributed by atoms with van der Waals surface area (Å²) in [7, 11) is 0. The third kappa shape index (κ3) is 4.44. The summed E-state index contributed by atoms with van der Waals surface area (Å²) in [5, 5.41) is 22.8. The molecule has 0 aliphatic rings. The number of carboxylic acid groups (broad SMARTS) is 1. The van der Waals surface area contributed by atoms with Crippen LogP contribution in [0.4, 0.5) is 13.2 Å². The van der Waals surface area contributed by atoms with Crippen molar-refractivity contribution >= 4 is 5.97 Å². The molecule has 2 heterocycles. The number of ether oxygens (including phenoxy) is 1. The molecule has 0 spiro atoms. The summed E-state index contributed by atoms with van der Waals surface area (Å²) in [4.78, 5) is 15.2. The molecule has 2 aromatic rings. The minimum atomic E-state index is -4.77. The van der Waals surface area contributed by atoms with Gasteiger partial charge in [0.2, 0.25) is 5.88 Å². The molecule has 1 atom stereocenters. The highest BCUT2D eigenvalue weighted by molar-refractivity contribution is 5.87. The van der Waals surface area contributed by atoms with Gasteiger partial charge >= 0.3 is 12.1 Å². The normalized spacial score (nSPS) is 13.5. The van der Waals surface area contributed by atoms with Crippen molar-refractivity contribution in [3.05, 3.63) is 34.8 Å². The first-order valence-corrected chi connectivity index (χ1v) is 8.46. The topological polar surface area (TPSA) is 97.5 Å². The number of aromatic nitrogens is 3. The third-order valence-corrected chi connectivity index (χ3v) is 3.90. The summed E-state index contributed by atoms with van der Waals surface area (Å²) in [5.41, 5.74) is -2.26. The quantitative estimate of drug-likeness (QED) is 0.792. The van der Waals surface area contributed by atoms with E-state index in [1.54, 1.807) is 20.8 Å². The Bertz CT molecular complexity index is 883. The number of aromatic carboxylic acids is 1. The van der Waals surface area contributed by atoms with Gasteiger partial charge in [-0.2, -0.15) is 18.3 Å². The van der Waals surface area contributed by atoms with Crippen LogP contribution in [0.3, 0.4) is 0 Å². The van der Waals surface area contributed by atoms with Crippen LogP contribution in [0.15, 0.2) is 12.4 Å². The second-order valence-electron chi connectivity index (χ2n) is 7.49. The number of rotatable bonds is 5. The van der Waals surface area contributed by atoms with Gasteiger partial charge in [0.25, 0.3) is 0 Å².